The molecule has 1 aromatic carbocycles. The second-order valence-corrected chi connectivity index (χ2v) is 2.92. The van der Waals surface area contributed by atoms with Crippen molar-refractivity contribution in [3.63, 3.8) is 0 Å². The molecule has 80 valence electrons. The van der Waals surface area contributed by atoms with Crippen LogP contribution in [0.3, 0.4) is 0 Å². The van der Waals surface area contributed by atoms with Crippen molar-refractivity contribution in [2.45, 2.75) is 0 Å². The first-order chi connectivity index (χ1) is 7.24. The summed E-state index contributed by atoms with van der Waals surface area (Å²) >= 11 is 0. The number of amides is 1. The number of hydrogen-bond acceptors (Lipinski definition) is 3. The third-order valence-electron chi connectivity index (χ3n) is 1.72. The molecule has 4 nitrogen and oxygen atoms in total. The van der Waals surface area contributed by atoms with E-state index in [4.69, 9.17) is 10.5 Å². The van der Waals surface area contributed by atoms with Crippen molar-refractivity contribution in [1.82, 2.24) is 5.32 Å². The smallest absolute Gasteiger partial charge is 0.258 e. The van der Waals surface area contributed by atoms with E-state index in [1.807, 2.05) is 0 Å². The van der Waals surface area contributed by atoms with E-state index in [-0.39, 0.29) is 12.5 Å². The maximum Gasteiger partial charge on any atom is 0.258 e. The zero-order valence-electron chi connectivity index (χ0n) is 8.40. The molecule has 0 aliphatic carbocycles. The van der Waals surface area contributed by atoms with Crippen molar-refractivity contribution >= 4 is 11.6 Å². The summed E-state index contributed by atoms with van der Waals surface area (Å²) in [6, 6.07) is 7.04. The average molecular weight is 206 g/mol. The Morgan fingerprint density at radius 2 is 2.27 bits per heavy atom. The number of carbonyl (C=O) groups excluding carboxylic acids is 1. The lowest BCUT2D eigenvalue weighted by Gasteiger charge is -2.07. The number of carbonyl (C=O) groups is 1. The Labute approximate surface area is 88.7 Å². The molecule has 15 heavy (non-hydrogen) atoms. The quantitative estimate of drug-likeness (QED) is 0.557. The largest absolute Gasteiger partial charge is 0.482 e. The fraction of sp³-hybridized carbons (Fsp3) is 0.182. The summed E-state index contributed by atoms with van der Waals surface area (Å²) in [5, 5.41) is 2.60. The van der Waals surface area contributed by atoms with Crippen LogP contribution in [0.5, 0.6) is 5.75 Å². The molecule has 0 heterocycles. The summed E-state index contributed by atoms with van der Waals surface area (Å²) in [4.78, 5) is 11.2. The fourth-order valence-electron chi connectivity index (χ4n) is 0.992. The number of benzene rings is 1. The minimum Gasteiger partial charge on any atom is -0.482 e. The van der Waals surface area contributed by atoms with Crippen LogP contribution < -0.4 is 15.8 Å². The molecule has 0 atom stereocenters. The van der Waals surface area contributed by atoms with Gasteiger partial charge in [-0.3, -0.25) is 4.79 Å². The lowest BCUT2D eigenvalue weighted by molar-refractivity contribution is -0.122. The summed E-state index contributed by atoms with van der Waals surface area (Å²) in [6.45, 7) is 3.89. The summed E-state index contributed by atoms with van der Waals surface area (Å²) in [6.07, 6.45) is 1.61. The molecule has 1 aromatic rings. The number of anilines is 1. The van der Waals surface area contributed by atoms with Gasteiger partial charge in [0.05, 0.1) is 5.69 Å². The molecule has 0 aliphatic rings. The van der Waals surface area contributed by atoms with Crippen LogP contribution in [0.2, 0.25) is 0 Å². The Balaban J connectivity index is 2.40. The highest BCUT2D eigenvalue weighted by atomic mass is 16.5. The minimum absolute atomic E-state index is 0.0396. The van der Waals surface area contributed by atoms with Crippen LogP contribution in [0.1, 0.15) is 0 Å². The first-order valence-corrected chi connectivity index (χ1v) is 4.59. The van der Waals surface area contributed by atoms with Gasteiger partial charge in [0.15, 0.2) is 6.61 Å². The van der Waals surface area contributed by atoms with E-state index >= 15 is 0 Å². The first kappa shape index (κ1) is 11.1. The number of hydrogen-bond donors (Lipinski definition) is 2. The topological polar surface area (TPSA) is 64.3 Å². The summed E-state index contributed by atoms with van der Waals surface area (Å²) in [7, 11) is 0. The lowest BCUT2D eigenvalue weighted by Crippen LogP contribution is -2.28. The number of nitrogens with two attached hydrogens (primary N) is 1. The molecule has 3 N–H and O–H groups in total. The van der Waals surface area contributed by atoms with Gasteiger partial charge in [0.25, 0.3) is 5.91 Å². The molecule has 0 saturated carbocycles. The van der Waals surface area contributed by atoms with Crippen LogP contribution in [-0.4, -0.2) is 19.1 Å². The van der Waals surface area contributed by atoms with E-state index in [2.05, 4.69) is 11.9 Å². The number of nitrogen functional groups attached to an aromatic ring is 1. The lowest BCUT2D eigenvalue weighted by atomic mass is 10.3. The molecule has 0 fully saturated rings. The van der Waals surface area contributed by atoms with Crippen molar-refractivity contribution in [2.75, 3.05) is 18.9 Å². The predicted molar refractivity (Wildman–Crippen MR) is 59.6 cm³/mol. The normalized spacial score (nSPS) is 9.33. The molecule has 0 radical (unpaired) electrons. The standard InChI is InChI=1S/C11H14N2O2/c1-2-7-13-11(14)8-15-10-6-4-3-5-9(10)12/h2-6H,1,7-8,12H2,(H,13,14). The molecule has 0 aliphatic heterocycles. The molecular weight excluding hydrogens is 192 g/mol. The van der Waals surface area contributed by atoms with Gasteiger partial charge in [0.1, 0.15) is 5.75 Å². The van der Waals surface area contributed by atoms with Gasteiger partial charge >= 0.3 is 0 Å². The molecule has 1 amide bonds. The van der Waals surface area contributed by atoms with Gasteiger partial charge in [-0.05, 0) is 12.1 Å². The minimum atomic E-state index is -0.196. The van der Waals surface area contributed by atoms with Gasteiger partial charge in [-0.25, -0.2) is 0 Å². The van der Waals surface area contributed by atoms with E-state index in [0.29, 0.717) is 18.0 Å². The molecule has 4 heteroatoms. The van der Waals surface area contributed by atoms with Crippen LogP contribution in [0.25, 0.3) is 0 Å². The SMILES string of the molecule is C=CCNC(=O)COc1ccccc1N. The third-order valence-corrected chi connectivity index (χ3v) is 1.72. The molecule has 0 bridgehead atoms. The molecule has 0 aromatic heterocycles. The molecule has 0 spiro atoms. The van der Waals surface area contributed by atoms with Gasteiger partial charge in [-0.2, -0.15) is 0 Å². The van der Waals surface area contributed by atoms with Crippen molar-refractivity contribution in [2.24, 2.45) is 0 Å². The number of rotatable bonds is 5. The highest BCUT2D eigenvalue weighted by Gasteiger charge is 2.02. The van der Waals surface area contributed by atoms with Crippen molar-refractivity contribution in [1.29, 1.82) is 0 Å². The average Bonchev–Trinajstić information content (AvgIpc) is 2.25. The van der Waals surface area contributed by atoms with Crippen molar-refractivity contribution < 1.29 is 9.53 Å². The zero-order chi connectivity index (χ0) is 11.1. The molecule has 1 rings (SSSR count). The molecular formula is C11H14N2O2. The van der Waals surface area contributed by atoms with E-state index in [1.165, 1.54) is 0 Å². The van der Waals surface area contributed by atoms with Gasteiger partial charge in [-0.15, -0.1) is 6.58 Å². The van der Waals surface area contributed by atoms with Crippen LogP contribution in [-0.2, 0) is 4.79 Å². The van der Waals surface area contributed by atoms with Crippen molar-refractivity contribution in [3.05, 3.63) is 36.9 Å². The Bertz CT molecular complexity index is 350. The zero-order valence-corrected chi connectivity index (χ0v) is 8.40. The van der Waals surface area contributed by atoms with Gasteiger partial charge in [0.2, 0.25) is 0 Å². The Kier molecular flexibility index (Phi) is 4.22. The maximum atomic E-state index is 11.2. The van der Waals surface area contributed by atoms with Crippen LogP contribution in [0.15, 0.2) is 36.9 Å². The fourth-order valence-corrected chi connectivity index (χ4v) is 0.992. The number of para-hydroxylation sites is 2. The van der Waals surface area contributed by atoms with E-state index in [0.717, 1.165) is 0 Å². The Hall–Kier alpha value is -1.97. The van der Waals surface area contributed by atoms with Crippen LogP contribution in [0.4, 0.5) is 5.69 Å². The molecule has 0 unspecified atom stereocenters. The Morgan fingerprint density at radius 3 is 2.93 bits per heavy atom. The van der Waals surface area contributed by atoms with Gasteiger partial charge in [-0.1, -0.05) is 18.2 Å². The van der Waals surface area contributed by atoms with Crippen LogP contribution >= 0.6 is 0 Å². The summed E-state index contributed by atoms with van der Waals surface area (Å²) < 4.78 is 5.22. The van der Waals surface area contributed by atoms with Gasteiger partial charge < -0.3 is 15.8 Å². The first-order valence-electron chi connectivity index (χ1n) is 4.59. The second kappa shape index (κ2) is 5.70. The Morgan fingerprint density at radius 1 is 1.53 bits per heavy atom. The number of nitrogens with one attached hydrogen (secondary N) is 1. The van der Waals surface area contributed by atoms with Crippen molar-refractivity contribution in [3.8, 4) is 5.75 Å². The third kappa shape index (κ3) is 3.72. The van der Waals surface area contributed by atoms with E-state index in [1.54, 1.807) is 30.3 Å². The van der Waals surface area contributed by atoms with Gasteiger partial charge in [0, 0.05) is 6.54 Å². The van der Waals surface area contributed by atoms with Crippen LogP contribution in [0, 0.1) is 0 Å². The predicted octanol–water partition coefficient (Wildman–Crippen LogP) is 0.950. The summed E-state index contributed by atoms with van der Waals surface area (Å²) in [5.41, 5.74) is 6.16. The summed E-state index contributed by atoms with van der Waals surface area (Å²) in [5.74, 6) is 0.324. The number of ether oxygens (including phenoxy) is 1. The second-order valence-electron chi connectivity index (χ2n) is 2.92. The highest BCUT2D eigenvalue weighted by molar-refractivity contribution is 5.77. The monoisotopic (exact) mass is 206 g/mol. The highest BCUT2D eigenvalue weighted by Crippen LogP contribution is 2.19. The maximum absolute atomic E-state index is 11.2. The van der Waals surface area contributed by atoms with E-state index in [9.17, 15) is 4.79 Å². The van der Waals surface area contributed by atoms with E-state index < -0.39 is 0 Å². The molecule has 0 saturated heterocycles.